The Kier molecular flexibility index (Phi) is 5.24. The zero-order valence-electron chi connectivity index (χ0n) is 12.8. The molecule has 0 aliphatic heterocycles. The van der Waals surface area contributed by atoms with Crippen molar-refractivity contribution < 1.29 is 19.4 Å². The molecule has 1 unspecified atom stereocenters. The van der Waals surface area contributed by atoms with E-state index in [9.17, 15) is 9.59 Å². The van der Waals surface area contributed by atoms with Gasteiger partial charge in [0.05, 0.1) is 31.5 Å². The van der Waals surface area contributed by atoms with Crippen molar-refractivity contribution in [3.63, 3.8) is 0 Å². The van der Waals surface area contributed by atoms with Crippen LogP contribution in [0.4, 0.5) is 0 Å². The minimum Gasteiger partial charge on any atom is -0.497 e. The first-order valence-corrected chi connectivity index (χ1v) is 6.95. The third-order valence-corrected chi connectivity index (χ3v) is 3.22. The molecule has 0 bridgehead atoms. The van der Waals surface area contributed by atoms with E-state index in [2.05, 4.69) is 15.3 Å². The van der Waals surface area contributed by atoms with Crippen molar-refractivity contribution in [2.45, 2.75) is 19.4 Å². The molecule has 0 fully saturated rings. The number of hydrogen-bond donors (Lipinski definition) is 2. The number of rotatable bonds is 6. The van der Waals surface area contributed by atoms with Gasteiger partial charge in [0, 0.05) is 6.20 Å². The van der Waals surface area contributed by atoms with Crippen molar-refractivity contribution in [1.82, 2.24) is 15.3 Å². The first-order valence-electron chi connectivity index (χ1n) is 6.95. The molecular weight excluding hydrogens is 298 g/mol. The Labute approximate surface area is 133 Å². The summed E-state index contributed by atoms with van der Waals surface area (Å²) >= 11 is 0. The van der Waals surface area contributed by atoms with Crippen molar-refractivity contribution in [2.75, 3.05) is 7.11 Å². The van der Waals surface area contributed by atoms with E-state index in [1.165, 1.54) is 12.4 Å². The molecule has 0 aliphatic rings. The van der Waals surface area contributed by atoms with E-state index in [4.69, 9.17) is 9.84 Å². The number of nitrogens with one attached hydrogen (secondary N) is 1. The molecule has 1 amide bonds. The van der Waals surface area contributed by atoms with Gasteiger partial charge in [0.25, 0.3) is 5.91 Å². The Hall–Kier alpha value is -2.96. The summed E-state index contributed by atoms with van der Waals surface area (Å²) in [5.41, 5.74) is 1.50. The molecule has 1 heterocycles. The van der Waals surface area contributed by atoms with E-state index >= 15 is 0 Å². The minimum absolute atomic E-state index is 0.138. The number of carbonyl (C=O) groups is 2. The maximum absolute atomic E-state index is 12.2. The van der Waals surface area contributed by atoms with E-state index in [-0.39, 0.29) is 12.1 Å². The van der Waals surface area contributed by atoms with Gasteiger partial charge >= 0.3 is 5.97 Å². The first kappa shape index (κ1) is 16.4. The average molecular weight is 315 g/mol. The van der Waals surface area contributed by atoms with Gasteiger partial charge in [-0.3, -0.25) is 14.6 Å². The lowest BCUT2D eigenvalue weighted by Crippen LogP contribution is -2.30. The second-order valence-corrected chi connectivity index (χ2v) is 4.94. The molecule has 0 saturated heterocycles. The minimum atomic E-state index is -1.01. The normalized spacial score (nSPS) is 11.6. The number of methoxy groups -OCH3 is 1. The maximum atomic E-state index is 12.2. The van der Waals surface area contributed by atoms with Crippen LogP contribution >= 0.6 is 0 Å². The predicted molar refractivity (Wildman–Crippen MR) is 82.2 cm³/mol. The summed E-state index contributed by atoms with van der Waals surface area (Å²) in [4.78, 5) is 31.3. The van der Waals surface area contributed by atoms with Crippen molar-refractivity contribution in [1.29, 1.82) is 0 Å². The largest absolute Gasteiger partial charge is 0.497 e. The molecule has 7 nitrogen and oxygen atoms in total. The fourth-order valence-corrected chi connectivity index (χ4v) is 2.01. The van der Waals surface area contributed by atoms with Crippen molar-refractivity contribution in [3.8, 4) is 5.75 Å². The van der Waals surface area contributed by atoms with E-state index in [0.29, 0.717) is 17.0 Å². The molecule has 1 atom stereocenters. The smallest absolute Gasteiger partial charge is 0.305 e. The molecule has 1 aromatic heterocycles. The van der Waals surface area contributed by atoms with Gasteiger partial charge in [0.15, 0.2) is 0 Å². The predicted octanol–water partition coefficient (Wildman–Crippen LogP) is 1.74. The highest BCUT2D eigenvalue weighted by Crippen LogP contribution is 2.20. The molecule has 1 aromatic carbocycles. The SMILES string of the molecule is COc1ccc(C(CC(=O)O)NC(=O)c2cnc(C)cn2)cc1. The molecule has 2 N–H and O–H groups in total. The summed E-state index contributed by atoms with van der Waals surface area (Å²) in [7, 11) is 1.54. The lowest BCUT2D eigenvalue weighted by Gasteiger charge is -2.17. The zero-order chi connectivity index (χ0) is 16.8. The fraction of sp³-hybridized carbons (Fsp3) is 0.250. The third-order valence-electron chi connectivity index (χ3n) is 3.22. The molecule has 7 heteroatoms. The number of carboxylic acid groups (broad SMARTS) is 1. The lowest BCUT2D eigenvalue weighted by atomic mass is 10.0. The van der Waals surface area contributed by atoms with Gasteiger partial charge in [0.2, 0.25) is 0 Å². The second-order valence-electron chi connectivity index (χ2n) is 4.94. The van der Waals surface area contributed by atoms with E-state index in [1.54, 1.807) is 38.3 Å². The van der Waals surface area contributed by atoms with Crippen LogP contribution in [0.25, 0.3) is 0 Å². The number of carbonyl (C=O) groups excluding carboxylic acids is 1. The number of aryl methyl sites for hydroxylation is 1. The number of ether oxygens (including phenoxy) is 1. The Morgan fingerprint density at radius 1 is 1.22 bits per heavy atom. The Balaban J connectivity index is 2.18. The summed E-state index contributed by atoms with van der Waals surface area (Å²) in [5.74, 6) is -0.834. The van der Waals surface area contributed by atoms with Crippen LogP contribution in [0, 0.1) is 6.92 Å². The zero-order valence-corrected chi connectivity index (χ0v) is 12.8. The molecule has 23 heavy (non-hydrogen) atoms. The van der Waals surface area contributed by atoms with Gasteiger partial charge in [-0.25, -0.2) is 4.98 Å². The van der Waals surface area contributed by atoms with Gasteiger partial charge in [-0.15, -0.1) is 0 Å². The van der Waals surface area contributed by atoms with Gasteiger partial charge < -0.3 is 15.2 Å². The summed E-state index contributed by atoms with van der Waals surface area (Å²) in [6, 6.07) is 6.18. The van der Waals surface area contributed by atoms with Crippen LogP contribution in [0.2, 0.25) is 0 Å². The maximum Gasteiger partial charge on any atom is 0.305 e. The van der Waals surface area contributed by atoms with Gasteiger partial charge in [-0.2, -0.15) is 0 Å². The van der Waals surface area contributed by atoms with Crippen molar-refractivity contribution >= 4 is 11.9 Å². The van der Waals surface area contributed by atoms with Crippen molar-refractivity contribution in [3.05, 3.63) is 53.6 Å². The van der Waals surface area contributed by atoms with E-state index in [1.807, 2.05) is 0 Å². The van der Waals surface area contributed by atoms with Crippen LogP contribution in [0.3, 0.4) is 0 Å². The highest BCUT2D eigenvalue weighted by Gasteiger charge is 2.19. The number of nitrogens with zero attached hydrogens (tertiary/aromatic N) is 2. The standard InChI is InChI=1S/C16H17N3O4/c1-10-8-18-14(9-17-10)16(22)19-13(7-15(20)21)11-3-5-12(23-2)6-4-11/h3-6,8-9,13H,7H2,1-2H3,(H,19,22)(H,20,21). The molecule has 120 valence electrons. The van der Waals surface area contributed by atoms with Crippen LogP contribution < -0.4 is 10.1 Å². The van der Waals surface area contributed by atoms with Crippen LogP contribution in [0.15, 0.2) is 36.7 Å². The fourth-order valence-electron chi connectivity index (χ4n) is 2.01. The Morgan fingerprint density at radius 3 is 2.43 bits per heavy atom. The van der Waals surface area contributed by atoms with Gasteiger partial charge in [-0.05, 0) is 24.6 Å². The number of aromatic nitrogens is 2. The summed E-state index contributed by atoms with van der Waals surface area (Å²) in [6.07, 6.45) is 2.60. The van der Waals surface area contributed by atoms with Crippen molar-refractivity contribution in [2.24, 2.45) is 0 Å². The van der Waals surface area contributed by atoms with Crippen LogP contribution in [0.5, 0.6) is 5.75 Å². The van der Waals surface area contributed by atoms with E-state index < -0.39 is 17.9 Å². The summed E-state index contributed by atoms with van der Waals surface area (Å²) < 4.78 is 5.07. The molecule has 0 aliphatic carbocycles. The topological polar surface area (TPSA) is 101 Å². The monoisotopic (exact) mass is 315 g/mol. The number of amides is 1. The number of carboxylic acids is 1. The van der Waals surface area contributed by atoms with Crippen LogP contribution in [-0.4, -0.2) is 34.1 Å². The molecule has 0 spiro atoms. The molecule has 0 saturated carbocycles. The Morgan fingerprint density at radius 2 is 1.91 bits per heavy atom. The third kappa shape index (κ3) is 4.50. The number of hydrogen-bond acceptors (Lipinski definition) is 5. The number of aliphatic carboxylic acids is 1. The summed E-state index contributed by atoms with van der Waals surface area (Å²) in [6.45, 7) is 1.76. The molecule has 2 rings (SSSR count). The highest BCUT2D eigenvalue weighted by atomic mass is 16.5. The molecular formula is C16H17N3O4. The van der Waals surface area contributed by atoms with Gasteiger partial charge in [-0.1, -0.05) is 12.1 Å². The highest BCUT2D eigenvalue weighted by molar-refractivity contribution is 5.92. The van der Waals surface area contributed by atoms with Crippen LogP contribution in [0.1, 0.15) is 34.2 Å². The first-order chi connectivity index (χ1) is 11.0. The van der Waals surface area contributed by atoms with Gasteiger partial charge in [0.1, 0.15) is 11.4 Å². The molecule has 0 radical (unpaired) electrons. The lowest BCUT2D eigenvalue weighted by molar-refractivity contribution is -0.137. The quantitative estimate of drug-likeness (QED) is 0.842. The Bertz CT molecular complexity index is 683. The average Bonchev–Trinajstić information content (AvgIpc) is 2.54. The second kappa shape index (κ2) is 7.35. The summed E-state index contributed by atoms with van der Waals surface area (Å²) in [5, 5.41) is 11.7. The number of benzene rings is 1. The van der Waals surface area contributed by atoms with Crippen LogP contribution in [-0.2, 0) is 4.79 Å². The molecule has 2 aromatic rings. The van der Waals surface area contributed by atoms with E-state index in [0.717, 1.165) is 0 Å².